The fourth-order valence-electron chi connectivity index (χ4n) is 8.60. The highest BCUT2D eigenvalue weighted by molar-refractivity contribution is 7.92. The second kappa shape index (κ2) is 13.1. The molecule has 5 fully saturated rings. The summed E-state index contributed by atoms with van der Waals surface area (Å²) in [6, 6.07) is -2.50. The molecule has 0 radical (unpaired) electrons. The third-order valence-corrected chi connectivity index (χ3v) is 15.3. The zero-order valence-corrected chi connectivity index (χ0v) is 32.5. The zero-order valence-electron chi connectivity index (χ0n) is 31.7. The summed E-state index contributed by atoms with van der Waals surface area (Å²) < 4.78 is 25.7. The Morgan fingerprint density at radius 2 is 1.54 bits per heavy atom. The van der Waals surface area contributed by atoms with Crippen molar-refractivity contribution in [1.29, 1.82) is 0 Å². The number of fused-ring (bicyclic) bond motifs is 1. The lowest BCUT2D eigenvalue weighted by molar-refractivity contribution is -0.145. The Balaban J connectivity index is 1.34. The van der Waals surface area contributed by atoms with Crippen molar-refractivity contribution in [3.05, 3.63) is 0 Å². The van der Waals surface area contributed by atoms with Crippen LogP contribution in [0.15, 0.2) is 0 Å². The Morgan fingerprint density at radius 3 is 2.06 bits per heavy atom. The summed E-state index contributed by atoms with van der Waals surface area (Å²) in [4.78, 5) is 70.6. The first-order valence-electron chi connectivity index (χ1n) is 18.8. The molecule has 0 spiro atoms. The van der Waals surface area contributed by atoms with Gasteiger partial charge in [-0.15, -0.1) is 0 Å². The number of rotatable bonds is 12. The maximum absolute atomic E-state index is 14.5. The number of urea groups is 1. The minimum Gasteiger partial charge on any atom is -0.349 e. The van der Waals surface area contributed by atoms with Crippen molar-refractivity contribution in [2.45, 2.75) is 148 Å². The lowest BCUT2D eigenvalue weighted by atomic mass is 9.83. The van der Waals surface area contributed by atoms with Crippen molar-refractivity contribution in [2.24, 2.45) is 34.5 Å². The maximum Gasteiger partial charge on any atom is 0.315 e. The number of sulfone groups is 1. The quantitative estimate of drug-likeness (QED) is 0.224. The van der Waals surface area contributed by atoms with Gasteiger partial charge in [0.1, 0.15) is 17.6 Å². The van der Waals surface area contributed by atoms with Crippen LogP contribution < -0.4 is 21.3 Å². The van der Waals surface area contributed by atoms with Crippen LogP contribution in [0, 0.1) is 34.5 Å². The average molecular weight is 720 g/mol. The second-order valence-corrected chi connectivity index (χ2v) is 21.5. The van der Waals surface area contributed by atoms with Gasteiger partial charge in [-0.2, -0.15) is 0 Å². The van der Waals surface area contributed by atoms with E-state index in [0.29, 0.717) is 44.7 Å². The van der Waals surface area contributed by atoms with E-state index >= 15 is 0 Å². The highest BCUT2D eigenvalue weighted by Crippen LogP contribution is 2.65. The molecular weight excluding hydrogens is 659 g/mol. The van der Waals surface area contributed by atoms with Crippen LogP contribution in [0.1, 0.15) is 120 Å². The smallest absolute Gasteiger partial charge is 0.315 e. The third-order valence-electron chi connectivity index (χ3n) is 12.5. The number of piperidine rings is 1. The molecule has 282 valence electrons. The maximum atomic E-state index is 14.5. The summed E-state index contributed by atoms with van der Waals surface area (Å²) in [6.07, 6.45) is 6.64. The molecule has 5 aliphatic rings. The molecule has 4 N–H and O–H groups in total. The lowest BCUT2D eigenvalue weighted by Crippen LogP contribution is -2.64. The second-order valence-electron chi connectivity index (χ2n) is 18.8. The number of amides is 5. The standard InChI is InChI=1S/C37H61N5O7S/c1-10-23-18-37(23,28(43)30(45)38-19-22-14-15-22)40-29(44)26-25-24(35(25,8)9)20-42(26)31(46)27(33(2,3)4)39-32(47)41-36(16-12-11-13-17-36)21-50(48,49)34(5,6)7/h22-27H,10-21H2,1-9H3,(H,38,45)(H,40,44)(H2,39,41,47). The van der Waals surface area contributed by atoms with Gasteiger partial charge in [0.15, 0.2) is 9.84 Å². The van der Waals surface area contributed by atoms with Crippen LogP contribution in [0.4, 0.5) is 4.79 Å². The molecular formula is C37H61N5O7S. The highest BCUT2D eigenvalue weighted by Gasteiger charge is 2.71. The van der Waals surface area contributed by atoms with Crippen molar-refractivity contribution in [3.63, 3.8) is 0 Å². The minimum absolute atomic E-state index is 0.0689. The summed E-state index contributed by atoms with van der Waals surface area (Å²) in [7, 11) is -3.56. The van der Waals surface area contributed by atoms with Gasteiger partial charge < -0.3 is 26.2 Å². The number of hydrogen-bond acceptors (Lipinski definition) is 7. The first-order chi connectivity index (χ1) is 23.0. The predicted molar refractivity (Wildman–Crippen MR) is 191 cm³/mol. The van der Waals surface area contributed by atoms with Crippen molar-refractivity contribution < 1.29 is 32.4 Å². The minimum atomic E-state index is -3.56. The number of carbonyl (C=O) groups is 5. The van der Waals surface area contributed by atoms with Gasteiger partial charge in [-0.1, -0.05) is 67.2 Å². The van der Waals surface area contributed by atoms with Crippen LogP contribution >= 0.6 is 0 Å². The Labute approximate surface area is 298 Å². The van der Waals surface area contributed by atoms with E-state index in [1.54, 1.807) is 25.7 Å². The van der Waals surface area contributed by atoms with E-state index in [-0.39, 0.29) is 28.9 Å². The molecule has 12 nitrogen and oxygen atoms in total. The van der Waals surface area contributed by atoms with Crippen LogP contribution in [0.5, 0.6) is 0 Å². The van der Waals surface area contributed by atoms with Gasteiger partial charge in [0, 0.05) is 13.1 Å². The molecule has 1 aliphatic heterocycles. The summed E-state index contributed by atoms with van der Waals surface area (Å²) in [5.41, 5.74) is -3.18. The SMILES string of the molecule is CCC1CC1(NC(=O)C1C2C(CN1C(=O)C(NC(=O)NC1(CS(=O)(=O)C(C)(C)C)CCCCC1)C(C)(C)C)C2(C)C)C(=O)C(=O)NCC1CC1. The van der Waals surface area contributed by atoms with Crippen LogP contribution in [-0.4, -0.2) is 89.6 Å². The molecule has 1 saturated heterocycles. The topological polar surface area (TPSA) is 171 Å². The molecule has 6 unspecified atom stereocenters. The number of ketones is 1. The molecule has 6 atom stereocenters. The van der Waals surface area contributed by atoms with E-state index in [0.717, 1.165) is 32.1 Å². The fourth-order valence-corrected chi connectivity index (χ4v) is 10.1. The normalized spacial score (nSPS) is 30.4. The van der Waals surface area contributed by atoms with Crippen molar-refractivity contribution in [1.82, 2.24) is 26.2 Å². The molecule has 5 amide bonds. The van der Waals surface area contributed by atoms with Gasteiger partial charge in [0.2, 0.25) is 17.6 Å². The largest absolute Gasteiger partial charge is 0.349 e. The number of carbonyl (C=O) groups excluding carboxylic acids is 5. The van der Waals surface area contributed by atoms with Crippen molar-refractivity contribution in [3.8, 4) is 0 Å². The van der Waals surface area contributed by atoms with Gasteiger partial charge in [-0.3, -0.25) is 19.2 Å². The van der Waals surface area contributed by atoms with E-state index < -0.39 is 72.7 Å². The Kier molecular flexibility index (Phi) is 10.1. The molecule has 1 heterocycles. The Hall–Kier alpha value is -2.70. The van der Waals surface area contributed by atoms with Gasteiger partial charge in [0.25, 0.3) is 5.91 Å². The first kappa shape index (κ1) is 38.5. The molecule has 0 aromatic heterocycles. The molecule has 4 saturated carbocycles. The number of nitrogens with one attached hydrogen (secondary N) is 4. The molecule has 0 aromatic rings. The van der Waals surface area contributed by atoms with Gasteiger partial charge in [-0.25, -0.2) is 13.2 Å². The van der Waals surface area contributed by atoms with Crippen LogP contribution in [0.2, 0.25) is 0 Å². The van der Waals surface area contributed by atoms with Crippen molar-refractivity contribution >= 4 is 39.4 Å². The summed E-state index contributed by atoms with van der Waals surface area (Å²) >= 11 is 0. The Bertz CT molecular complexity index is 1500. The number of likely N-dealkylation sites (tertiary alicyclic amines) is 1. The van der Waals surface area contributed by atoms with Crippen LogP contribution in [0.25, 0.3) is 0 Å². The van der Waals surface area contributed by atoms with E-state index in [2.05, 4.69) is 35.1 Å². The highest BCUT2D eigenvalue weighted by atomic mass is 32.2. The van der Waals surface area contributed by atoms with E-state index in [9.17, 15) is 32.4 Å². The fraction of sp³-hybridized carbons (Fsp3) is 0.865. The predicted octanol–water partition coefficient (Wildman–Crippen LogP) is 3.48. The molecule has 50 heavy (non-hydrogen) atoms. The van der Waals surface area contributed by atoms with E-state index in [1.165, 1.54) is 0 Å². The molecule has 0 bridgehead atoms. The van der Waals surface area contributed by atoms with Gasteiger partial charge in [-0.05, 0) is 87.4 Å². The molecule has 4 aliphatic carbocycles. The number of nitrogens with zero attached hydrogens (tertiary/aromatic N) is 1. The third kappa shape index (κ3) is 7.44. The number of hydrogen-bond donors (Lipinski definition) is 4. The first-order valence-corrected chi connectivity index (χ1v) is 20.4. The summed E-state index contributed by atoms with van der Waals surface area (Å²) in [6.45, 7) is 17.4. The molecule has 5 rings (SSSR count). The summed E-state index contributed by atoms with van der Waals surface area (Å²) in [5.74, 6) is -2.16. The van der Waals surface area contributed by atoms with Gasteiger partial charge in [0.05, 0.1) is 16.0 Å². The zero-order chi connectivity index (χ0) is 37.2. The number of Topliss-reactive ketones (excluding diaryl/α,β-unsaturated/α-hetero) is 1. The lowest BCUT2D eigenvalue weighted by Gasteiger charge is -2.41. The Morgan fingerprint density at radius 1 is 0.920 bits per heavy atom. The van der Waals surface area contributed by atoms with Gasteiger partial charge >= 0.3 is 6.03 Å². The summed E-state index contributed by atoms with van der Waals surface area (Å²) in [5, 5.41) is 11.7. The van der Waals surface area contributed by atoms with Crippen LogP contribution in [-0.2, 0) is 29.0 Å². The van der Waals surface area contributed by atoms with E-state index in [1.807, 2.05) is 27.7 Å². The van der Waals surface area contributed by atoms with Crippen LogP contribution in [0.3, 0.4) is 0 Å². The monoisotopic (exact) mass is 719 g/mol. The van der Waals surface area contributed by atoms with Crippen molar-refractivity contribution in [2.75, 3.05) is 18.8 Å². The average Bonchev–Trinajstić information content (AvgIpc) is 3.96. The molecule has 0 aromatic carbocycles. The molecule has 13 heteroatoms. The van der Waals surface area contributed by atoms with E-state index in [4.69, 9.17) is 0 Å².